The van der Waals surface area contributed by atoms with E-state index >= 15 is 0 Å². The van der Waals surface area contributed by atoms with E-state index in [1.807, 2.05) is 60.4 Å². The van der Waals surface area contributed by atoms with Gasteiger partial charge in [0.15, 0.2) is 11.5 Å². The molecule has 5 heteroatoms. The van der Waals surface area contributed by atoms with Crippen molar-refractivity contribution in [3.05, 3.63) is 83.8 Å². The van der Waals surface area contributed by atoms with Crippen molar-refractivity contribution < 1.29 is 18.7 Å². The van der Waals surface area contributed by atoms with Gasteiger partial charge in [-0.15, -0.1) is 0 Å². The summed E-state index contributed by atoms with van der Waals surface area (Å²) in [5.41, 5.74) is 2.19. The normalized spacial score (nSPS) is 11.7. The monoisotopic (exact) mass is 407 g/mol. The highest BCUT2D eigenvalue weighted by Crippen LogP contribution is 2.30. The van der Waals surface area contributed by atoms with Crippen molar-refractivity contribution in [3.8, 4) is 11.5 Å². The molecule has 1 heterocycles. The molecule has 1 aromatic heterocycles. The van der Waals surface area contributed by atoms with Gasteiger partial charge in [0.25, 0.3) is 0 Å². The highest BCUT2D eigenvalue weighted by atomic mass is 16.5. The van der Waals surface area contributed by atoms with E-state index in [1.54, 1.807) is 20.5 Å². The van der Waals surface area contributed by atoms with Crippen molar-refractivity contribution in [1.82, 2.24) is 4.90 Å². The summed E-state index contributed by atoms with van der Waals surface area (Å²) in [6.45, 7) is 3.04. The third-order valence-electron chi connectivity index (χ3n) is 5.25. The minimum absolute atomic E-state index is 0.0961. The zero-order chi connectivity index (χ0) is 21.3. The van der Waals surface area contributed by atoms with Gasteiger partial charge in [-0.2, -0.15) is 0 Å². The van der Waals surface area contributed by atoms with Gasteiger partial charge in [0.05, 0.1) is 20.5 Å². The maximum atomic E-state index is 12.7. The van der Waals surface area contributed by atoms with Gasteiger partial charge < -0.3 is 18.8 Å². The Hall–Kier alpha value is -3.21. The first kappa shape index (κ1) is 21.5. The number of hydrogen-bond acceptors (Lipinski definition) is 4. The van der Waals surface area contributed by atoms with E-state index in [1.165, 1.54) is 5.56 Å². The first-order valence-electron chi connectivity index (χ1n) is 10.2. The van der Waals surface area contributed by atoms with Crippen LogP contribution in [-0.4, -0.2) is 31.6 Å². The van der Waals surface area contributed by atoms with Crippen molar-refractivity contribution in [2.45, 2.75) is 32.2 Å². The van der Waals surface area contributed by atoms with Gasteiger partial charge in [0, 0.05) is 25.4 Å². The van der Waals surface area contributed by atoms with Crippen LogP contribution in [0.2, 0.25) is 0 Å². The van der Waals surface area contributed by atoms with Crippen LogP contribution in [-0.2, 0) is 11.3 Å². The van der Waals surface area contributed by atoms with Gasteiger partial charge in [-0.25, -0.2) is 0 Å². The maximum Gasteiger partial charge on any atom is 0.222 e. The predicted octanol–water partition coefficient (Wildman–Crippen LogP) is 5.26. The van der Waals surface area contributed by atoms with Crippen molar-refractivity contribution in [3.63, 3.8) is 0 Å². The van der Waals surface area contributed by atoms with Crippen LogP contribution in [0, 0.1) is 0 Å². The van der Waals surface area contributed by atoms with Gasteiger partial charge in [-0.05, 0) is 41.8 Å². The van der Waals surface area contributed by atoms with Crippen LogP contribution in [0.1, 0.15) is 42.6 Å². The molecule has 0 aliphatic carbocycles. The first-order chi connectivity index (χ1) is 14.7. The fourth-order valence-corrected chi connectivity index (χ4v) is 3.65. The molecule has 30 heavy (non-hydrogen) atoms. The fourth-order valence-electron chi connectivity index (χ4n) is 3.65. The minimum atomic E-state index is 0.0961. The largest absolute Gasteiger partial charge is 0.493 e. The number of nitrogens with zero attached hydrogens (tertiary/aromatic N) is 1. The summed E-state index contributed by atoms with van der Waals surface area (Å²) in [5, 5.41) is 0. The van der Waals surface area contributed by atoms with Crippen molar-refractivity contribution >= 4 is 5.91 Å². The molecule has 0 spiro atoms. The Morgan fingerprint density at radius 3 is 2.40 bits per heavy atom. The molecule has 0 aliphatic rings. The minimum Gasteiger partial charge on any atom is -0.493 e. The Kier molecular flexibility index (Phi) is 7.55. The number of amides is 1. The Labute approximate surface area is 178 Å². The number of rotatable bonds is 10. The van der Waals surface area contributed by atoms with Crippen LogP contribution in [0.25, 0.3) is 0 Å². The van der Waals surface area contributed by atoms with Crippen molar-refractivity contribution in [1.29, 1.82) is 0 Å². The van der Waals surface area contributed by atoms with Crippen molar-refractivity contribution in [2.75, 3.05) is 20.8 Å². The Morgan fingerprint density at radius 2 is 1.77 bits per heavy atom. The summed E-state index contributed by atoms with van der Waals surface area (Å²) >= 11 is 0. The van der Waals surface area contributed by atoms with Crippen LogP contribution >= 0.6 is 0 Å². The molecule has 0 N–H and O–H groups in total. The summed E-state index contributed by atoms with van der Waals surface area (Å²) in [4.78, 5) is 14.6. The molecule has 1 atom stereocenters. The summed E-state index contributed by atoms with van der Waals surface area (Å²) < 4.78 is 16.4. The summed E-state index contributed by atoms with van der Waals surface area (Å²) in [7, 11) is 3.23. The number of benzene rings is 2. The van der Waals surface area contributed by atoms with Crippen LogP contribution in [0.15, 0.2) is 71.3 Å². The molecule has 0 saturated heterocycles. The topological polar surface area (TPSA) is 51.9 Å². The third kappa shape index (κ3) is 5.23. The lowest BCUT2D eigenvalue weighted by Crippen LogP contribution is -2.31. The second-order valence-corrected chi connectivity index (χ2v) is 7.13. The number of carbonyl (C=O) groups excluding carboxylic acids is 1. The standard InChI is InChI=1S/C25H29NO4/c1-4-25(27)26(18-19-12-13-23(28-2)24(17-19)29-3)15-14-21(22-11-8-16-30-22)20-9-6-5-7-10-20/h5-13,16-17,21H,4,14-15,18H2,1-3H3/t21-/m1/s1. The van der Waals surface area contributed by atoms with Gasteiger partial charge in [-0.1, -0.05) is 43.3 Å². The second-order valence-electron chi connectivity index (χ2n) is 7.13. The van der Waals surface area contributed by atoms with Gasteiger partial charge in [-0.3, -0.25) is 4.79 Å². The van der Waals surface area contributed by atoms with E-state index in [0.29, 0.717) is 31.0 Å². The molecular formula is C25H29NO4. The maximum absolute atomic E-state index is 12.7. The lowest BCUT2D eigenvalue weighted by molar-refractivity contribution is -0.131. The van der Waals surface area contributed by atoms with Gasteiger partial charge >= 0.3 is 0 Å². The fraction of sp³-hybridized carbons (Fsp3) is 0.320. The first-order valence-corrected chi connectivity index (χ1v) is 10.2. The zero-order valence-corrected chi connectivity index (χ0v) is 17.8. The number of carbonyl (C=O) groups is 1. The molecule has 5 nitrogen and oxygen atoms in total. The molecule has 0 radical (unpaired) electrons. The number of ether oxygens (including phenoxy) is 2. The lowest BCUT2D eigenvalue weighted by atomic mass is 9.93. The Balaban J connectivity index is 1.78. The lowest BCUT2D eigenvalue weighted by Gasteiger charge is -2.25. The molecule has 158 valence electrons. The van der Waals surface area contributed by atoms with E-state index in [-0.39, 0.29) is 11.8 Å². The molecule has 0 unspecified atom stereocenters. The quantitative estimate of drug-likeness (QED) is 0.460. The molecule has 0 aliphatic heterocycles. The van der Waals surface area contributed by atoms with Crippen LogP contribution < -0.4 is 9.47 Å². The molecule has 2 aromatic carbocycles. The number of methoxy groups -OCH3 is 2. The molecule has 3 aromatic rings. The molecule has 1 amide bonds. The van der Waals surface area contributed by atoms with Crippen LogP contribution in [0.5, 0.6) is 11.5 Å². The summed E-state index contributed by atoms with van der Waals surface area (Å²) in [6.07, 6.45) is 2.93. The molecule has 0 saturated carbocycles. The summed E-state index contributed by atoms with van der Waals surface area (Å²) in [5.74, 6) is 2.47. The van der Waals surface area contributed by atoms with Crippen LogP contribution in [0.4, 0.5) is 0 Å². The molecule has 0 bridgehead atoms. The highest BCUT2D eigenvalue weighted by Gasteiger charge is 2.20. The number of furan rings is 1. The number of hydrogen-bond donors (Lipinski definition) is 0. The van der Waals surface area contributed by atoms with Crippen LogP contribution in [0.3, 0.4) is 0 Å². The van der Waals surface area contributed by atoms with Gasteiger partial charge in [0.2, 0.25) is 5.91 Å². The Bertz CT molecular complexity index is 922. The Morgan fingerprint density at radius 1 is 1.00 bits per heavy atom. The highest BCUT2D eigenvalue weighted by molar-refractivity contribution is 5.75. The molecular weight excluding hydrogens is 378 g/mol. The van der Waals surface area contributed by atoms with E-state index < -0.39 is 0 Å². The molecule has 0 fully saturated rings. The third-order valence-corrected chi connectivity index (χ3v) is 5.25. The van der Waals surface area contributed by atoms with E-state index in [0.717, 1.165) is 17.7 Å². The van der Waals surface area contributed by atoms with Crippen molar-refractivity contribution in [2.24, 2.45) is 0 Å². The second kappa shape index (κ2) is 10.5. The average Bonchev–Trinajstić information content (AvgIpc) is 3.33. The molecule has 3 rings (SSSR count). The van der Waals surface area contributed by atoms with E-state index in [9.17, 15) is 4.79 Å². The van der Waals surface area contributed by atoms with E-state index in [2.05, 4.69) is 12.1 Å². The van der Waals surface area contributed by atoms with E-state index in [4.69, 9.17) is 13.9 Å². The SMILES string of the molecule is CCC(=O)N(CC[C@H](c1ccccc1)c1ccco1)Cc1ccc(OC)c(OC)c1. The smallest absolute Gasteiger partial charge is 0.222 e. The van der Waals surface area contributed by atoms with Gasteiger partial charge in [0.1, 0.15) is 5.76 Å². The zero-order valence-electron chi connectivity index (χ0n) is 17.8. The predicted molar refractivity (Wildman–Crippen MR) is 117 cm³/mol. The summed E-state index contributed by atoms with van der Waals surface area (Å²) in [6, 6.07) is 20.0. The average molecular weight is 408 g/mol.